The molecule has 0 fully saturated rings. The third-order valence-electron chi connectivity index (χ3n) is 3.56. The van der Waals surface area contributed by atoms with Gasteiger partial charge in [-0.15, -0.1) is 0 Å². The highest BCUT2D eigenvalue weighted by Crippen LogP contribution is 2.31. The van der Waals surface area contributed by atoms with Crippen LogP contribution >= 0.6 is 22.6 Å². The van der Waals surface area contributed by atoms with Crippen LogP contribution in [0.3, 0.4) is 0 Å². The van der Waals surface area contributed by atoms with Crippen LogP contribution in [0.1, 0.15) is 5.56 Å². The van der Waals surface area contributed by atoms with Gasteiger partial charge in [-0.1, -0.05) is 42.0 Å². The highest BCUT2D eigenvalue weighted by molar-refractivity contribution is 14.1. The second-order valence-electron chi connectivity index (χ2n) is 5.19. The van der Waals surface area contributed by atoms with Crippen LogP contribution < -0.4 is 0 Å². The molecule has 3 aromatic rings. The lowest BCUT2D eigenvalue weighted by atomic mass is 9.98. The van der Waals surface area contributed by atoms with E-state index in [2.05, 4.69) is 22.6 Å². The molecule has 0 radical (unpaired) electrons. The summed E-state index contributed by atoms with van der Waals surface area (Å²) in [6, 6.07) is 17.5. The average Bonchev–Trinajstić information content (AvgIpc) is 2.49. The van der Waals surface area contributed by atoms with Gasteiger partial charge in [-0.2, -0.15) is 0 Å². The van der Waals surface area contributed by atoms with Gasteiger partial charge in [-0.05, 0) is 70.5 Å². The van der Waals surface area contributed by atoms with Gasteiger partial charge in [0.2, 0.25) is 0 Å². The standard InChI is InChI=1S/C19H13F2I/c1-12-2-4-14(5-3-12)19-17(20)10-15(11-18(19)21)13-6-8-16(22)9-7-13/h2-11H,1H3. The van der Waals surface area contributed by atoms with Crippen molar-refractivity contribution < 1.29 is 8.78 Å². The van der Waals surface area contributed by atoms with Crippen LogP contribution in [0.15, 0.2) is 60.7 Å². The zero-order chi connectivity index (χ0) is 15.7. The fourth-order valence-corrected chi connectivity index (χ4v) is 2.74. The molecule has 0 atom stereocenters. The Kier molecular flexibility index (Phi) is 4.25. The monoisotopic (exact) mass is 406 g/mol. The van der Waals surface area contributed by atoms with Crippen molar-refractivity contribution >= 4 is 22.6 Å². The molecule has 0 spiro atoms. The lowest BCUT2D eigenvalue weighted by Gasteiger charge is -2.09. The first-order valence-electron chi connectivity index (χ1n) is 6.86. The van der Waals surface area contributed by atoms with E-state index in [0.29, 0.717) is 11.1 Å². The van der Waals surface area contributed by atoms with E-state index in [-0.39, 0.29) is 5.56 Å². The first kappa shape index (κ1) is 15.2. The van der Waals surface area contributed by atoms with Gasteiger partial charge in [0.05, 0.1) is 5.56 Å². The Labute approximate surface area is 142 Å². The predicted octanol–water partition coefficient (Wildman–Crippen LogP) is 6.21. The number of rotatable bonds is 2. The number of halogens is 3. The highest BCUT2D eigenvalue weighted by atomic mass is 127. The predicted molar refractivity (Wildman–Crippen MR) is 94.7 cm³/mol. The SMILES string of the molecule is Cc1ccc(-c2c(F)cc(-c3ccc(I)cc3)cc2F)cc1. The Morgan fingerprint density at radius 1 is 0.682 bits per heavy atom. The third-order valence-corrected chi connectivity index (χ3v) is 4.28. The summed E-state index contributed by atoms with van der Waals surface area (Å²) in [5.74, 6) is -1.09. The maximum absolute atomic E-state index is 14.4. The molecule has 3 rings (SSSR count). The third kappa shape index (κ3) is 3.04. The average molecular weight is 406 g/mol. The van der Waals surface area contributed by atoms with Crippen molar-refractivity contribution in [2.45, 2.75) is 6.92 Å². The molecule has 0 aliphatic heterocycles. The van der Waals surface area contributed by atoms with E-state index >= 15 is 0 Å². The van der Waals surface area contributed by atoms with Crippen molar-refractivity contribution in [2.24, 2.45) is 0 Å². The van der Waals surface area contributed by atoms with Crippen molar-refractivity contribution in [1.82, 2.24) is 0 Å². The lowest BCUT2D eigenvalue weighted by Crippen LogP contribution is -1.92. The molecule has 0 saturated heterocycles. The Morgan fingerprint density at radius 2 is 1.18 bits per heavy atom. The first-order chi connectivity index (χ1) is 10.5. The van der Waals surface area contributed by atoms with E-state index in [4.69, 9.17) is 0 Å². The molecular formula is C19H13F2I. The van der Waals surface area contributed by atoms with Gasteiger partial charge in [0.15, 0.2) is 0 Å². The molecule has 0 nitrogen and oxygen atoms in total. The Bertz CT molecular complexity index is 783. The van der Waals surface area contributed by atoms with Gasteiger partial charge in [0.25, 0.3) is 0 Å². The van der Waals surface area contributed by atoms with E-state index in [9.17, 15) is 8.78 Å². The normalized spacial score (nSPS) is 10.7. The Balaban J connectivity index is 2.08. The van der Waals surface area contributed by atoms with Crippen LogP contribution in [0.4, 0.5) is 8.78 Å². The molecule has 0 saturated carbocycles. The number of hydrogen-bond acceptors (Lipinski definition) is 0. The van der Waals surface area contributed by atoms with E-state index in [1.165, 1.54) is 12.1 Å². The molecule has 0 aliphatic rings. The van der Waals surface area contributed by atoms with E-state index in [0.717, 1.165) is 14.7 Å². The van der Waals surface area contributed by atoms with Crippen molar-refractivity contribution in [2.75, 3.05) is 0 Å². The second kappa shape index (κ2) is 6.16. The van der Waals surface area contributed by atoms with Gasteiger partial charge in [0.1, 0.15) is 11.6 Å². The summed E-state index contributed by atoms with van der Waals surface area (Å²) < 4.78 is 29.9. The molecule has 0 aromatic heterocycles. The fraction of sp³-hybridized carbons (Fsp3) is 0.0526. The summed E-state index contributed by atoms with van der Waals surface area (Å²) in [5.41, 5.74) is 2.97. The minimum Gasteiger partial charge on any atom is -0.206 e. The summed E-state index contributed by atoms with van der Waals surface area (Å²) in [6.45, 7) is 1.94. The Morgan fingerprint density at radius 3 is 1.73 bits per heavy atom. The molecule has 0 N–H and O–H groups in total. The van der Waals surface area contributed by atoms with Crippen molar-refractivity contribution in [3.8, 4) is 22.3 Å². The lowest BCUT2D eigenvalue weighted by molar-refractivity contribution is 0.590. The molecule has 0 heterocycles. The zero-order valence-corrected chi connectivity index (χ0v) is 14.1. The maximum atomic E-state index is 14.4. The summed E-state index contributed by atoms with van der Waals surface area (Å²) in [5, 5.41) is 0. The van der Waals surface area contributed by atoms with Gasteiger partial charge >= 0.3 is 0 Å². The minimum atomic E-state index is -0.544. The summed E-state index contributed by atoms with van der Waals surface area (Å²) in [6.07, 6.45) is 0. The fourth-order valence-electron chi connectivity index (χ4n) is 2.38. The Hall–Kier alpha value is -1.75. The number of hydrogen-bond donors (Lipinski definition) is 0. The van der Waals surface area contributed by atoms with E-state index in [1.54, 1.807) is 12.1 Å². The molecule has 3 aromatic carbocycles. The van der Waals surface area contributed by atoms with Crippen LogP contribution in [0.5, 0.6) is 0 Å². The molecule has 0 bridgehead atoms. The zero-order valence-electron chi connectivity index (χ0n) is 11.9. The molecule has 0 aliphatic carbocycles. The first-order valence-corrected chi connectivity index (χ1v) is 7.94. The van der Waals surface area contributed by atoms with Crippen LogP contribution in [0, 0.1) is 22.1 Å². The van der Waals surface area contributed by atoms with Crippen LogP contribution in [-0.2, 0) is 0 Å². The smallest absolute Gasteiger partial charge is 0.134 e. The van der Waals surface area contributed by atoms with Gasteiger partial charge in [-0.3, -0.25) is 0 Å². The molecule has 0 amide bonds. The van der Waals surface area contributed by atoms with Gasteiger partial charge in [-0.25, -0.2) is 8.78 Å². The highest BCUT2D eigenvalue weighted by Gasteiger charge is 2.14. The van der Waals surface area contributed by atoms with Crippen LogP contribution in [0.25, 0.3) is 22.3 Å². The van der Waals surface area contributed by atoms with Crippen molar-refractivity contribution in [3.05, 3.63) is 81.4 Å². The van der Waals surface area contributed by atoms with E-state index < -0.39 is 11.6 Å². The quantitative estimate of drug-likeness (QED) is 0.444. The molecule has 22 heavy (non-hydrogen) atoms. The van der Waals surface area contributed by atoms with Crippen molar-refractivity contribution in [1.29, 1.82) is 0 Å². The maximum Gasteiger partial charge on any atom is 0.134 e. The topological polar surface area (TPSA) is 0 Å². The largest absolute Gasteiger partial charge is 0.206 e. The molecule has 3 heteroatoms. The van der Waals surface area contributed by atoms with E-state index in [1.807, 2.05) is 43.3 Å². The molecular weight excluding hydrogens is 393 g/mol. The van der Waals surface area contributed by atoms with Gasteiger partial charge in [0, 0.05) is 3.57 Å². The summed E-state index contributed by atoms with van der Waals surface area (Å²) in [7, 11) is 0. The number of benzene rings is 3. The summed E-state index contributed by atoms with van der Waals surface area (Å²) >= 11 is 2.20. The van der Waals surface area contributed by atoms with Crippen LogP contribution in [0.2, 0.25) is 0 Å². The second-order valence-corrected chi connectivity index (χ2v) is 6.43. The minimum absolute atomic E-state index is 0.0225. The summed E-state index contributed by atoms with van der Waals surface area (Å²) in [4.78, 5) is 0. The molecule has 0 unspecified atom stereocenters. The van der Waals surface area contributed by atoms with Crippen molar-refractivity contribution in [3.63, 3.8) is 0 Å². The molecule has 110 valence electrons. The number of aryl methyl sites for hydroxylation is 1. The van der Waals surface area contributed by atoms with Crippen LogP contribution in [-0.4, -0.2) is 0 Å². The van der Waals surface area contributed by atoms with Gasteiger partial charge < -0.3 is 0 Å².